The van der Waals surface area contributed by atoms with Gasteiger partial charge in [-0.15, -0.1) is 0 Å². The molecule has 4 rings (SSSR count). The predicted molar refractivity (Wildman–Crippen MR) is 139 cm³/mol. The van der Waals surface area contributed by atoms with Gasteiger partial charge in [-0.1, -0.05) is 37.3 Å². The first-order valence-corrected chi connectivity index (χ1v) is 13.6. The van der Waals surface area contributed by atoms with Crippen LogP contribution in [0.3, 0.4) is 0 Å². The van der Waals surface area contributed by atoms with E-state index >= 15 is 0 Å². The van der Waals surface area contributed by atoms with Gasteiger partial charge in [-0.2, -0.15) is 4.31 Å². The van der Waals surface area contributed by atoms with Crippen molar-refractivity contribution in [3.8, 4) is 16.9 Å². The Hall–Kier alpha value is -2.85. The predicted octanol–water partition coefficient (Wildman–Crippen LogP) is 4.53. The first-order valence-electron chi connectivity index (χ1n) is 12.2. The van der Waals surface area contributed by atoms with Crippen LogP contribution in [0.15, 0.2) is 71.6 Å². The Kier molecular flexibility index (Phi) is 8.28. The Morgan fingerprint density at radius 1 is 1.05 bits per heavy atom. The van der Waals surface area contributed by atoms with E-state index in [-0.39, 0.29) is 41.3 Å². The second kappa shape index (κ2) is 11.3. The third kappa shape index (κ3) is 6.18. The number of aliphatic hydroxyl groups excluding tert-OH is 1. The van der Waals surface area contributed by atoms with Crippen LogP contribution in [-0.4, -0.2) is 61.6 Å². The maximum absolute atomic E-state index is 13.7. The van der Waals surface area contributed by atoms with Gasteiger partial charge in [-0.3, -0.25) is 4.90 Å². The Balaban J connectivity index is 1.71. The van der Waals surface area contributed by atoms with Crippen LogP contribution in [0.1, 0.15) is 19.4 Å². The fourth-order valence-electron chi connectivity index (χ4n) is 4.58. The van der Waals surface area contributed by atoms with Crippen LogP contribution >= 0.6 is 0 Å². The number of likely N-dealkylation sites (N-methyl/N-ethyl adjacent to an activating group) is 1. The number of nitrogens with zero attached hydrogens (tertiary/aromatic N) is 2. The molecule has 6 nitrogen and oxygen atoms in total. The Bertz CT molecular complexity index is 1330. The van der Waals surface area contributed by atoms with E-state index in [1.807, 2.05) is 24.9 Å². The van der Waals surface area contributed by atoms with Crippen LogP contribution in [0, 0.1) is 17.6 Å². The Morgan fingerprint density at radius 3 is 2.43 bits per heavy atom. The van der Waals surface area contributed by atoms with Crippen LogP contribution in [0.2, 0.25) is 0 Å². The number of aliphatic hydroxyl groups is 1. The lowest BCUT2D eigenvalue weighted by atomic mass is 10.0. The topological polar surface area (TPSA) is 70.1 Å². The molecule has 0 aliphatic carbocycles. The Labute approximate surface area is 217 Å². The highest BCUT2D eigenvalue weighted by Crippen LogP contribution is 2.36. The molecule has 0 fully saturated rings. The molecular formula is C28H32F2N2O4S. The molecule has 3 aromatic carbocycles. The van der Waals surface area contributed by atoms with Gasteiger partial charge < -0.3 is 9.84 Å². The summed E-state index contributed by atoms with van der Waals surface area (Å²) >= 11 is 0. The largest absolute Gasteiger partial charge is 0.487 e. The van der Waals surface area contributed by atoms with Crippen molar-refractivity contribution in [2.45, 2.75) is 37.4 Å². The summed E-state index contributed by atoms with van der Waals surface area (Å²) in [5.41, 5.74) is 2.23. The third-order valence-electron chi connectivity index (χ3n) is 6.68. The molecule has 0 saturated carbocycles. The van der Waals surface area contributed by atoms with Crippen molar-refractivity contribution in [3.05, 3.63) is 83.9 Å². The Morgan fingerprint density at radius 2 is 1.76 bits per heavy atom. The van der Waals surface area contributed by atoms with E-state index in [4.69, 9.17) is 4.74 Å². The SMILES string of the molecule is C[C@@H]1CN([C@@H](C)CO)S(=O)(=O)c2ccc(-c3ccc(F)cc3)cc2O[C@H]1CN(C)Cc1cccc(F)c1. The highest BCUT2D eigenvalue weighted by molar-refractivity contribution is 7.89. The molecule has 3 aromatic rings. The zero-order valence-electron chi connectivity index (χ0n) is 21.1. The lowest BCUT2D eigenvalue weighted by Crippen LogP contribution is -2.49. The number of halogens is 2. The minimum absolute atomic E-state index is 0.0170. The van der Waals surface area contributed by atoms with E-state index in [1.165, 1.54) is 34.6 Å². The van der Waals surface area contributed by atoms with Gasteiger partial charge in [-0.25, -0.2) is 17.2 Å². The van der Waals surface area contributed by atoms with E-state index in [0.29, 0.717) is 18.7 Å². The molecule has 3 atom stereocenters. The number of hydrogen-bond donors (Lipinski definition) is 1. The molecule has 0 amide bonds. The molecule has 1 aliphatic heterocycles. The molecule has 1 N–H and O–H groups in total. The molecule has 198 valence electrons. The molecular weight excluding hydrogens is 498 g/mol. The van der Waals surface area contributed by atoms with Crippen molar-refractivity contribution in [1.82, 2.24) is 9.21 Å². The van der Waals surface area contributed by atoms with Crippen LogP contribution < -0.4 is 4.74 Å². The van der Waals surface area contributed by atoms with Gasteiger partial charge >= 0.3 is 0 Å². The van der Waals surface area contributed by atoms with Crippen molar-refractivity contribution in [2.24, 2.45) is 5.92 Å². The van der Waals surface area contributed by atoms with Gasteiger partial charge in [0.2, 0.25) is 10.0 Å². The first-order chi connectivity index (χ1) is 17.6. The number of benzene rings is 3. The standard InChI is InChI=1S/C28H32F2N2O4S/c1-19-15-32(20(2)18-33)37(34,35)28-12-9-23(22-7-10-24(29)11-8-22)14-26(28)36-27(19)17-31(3)16-21-5-4-6-25(30)13-21/h4-14,19-20,27,33H,15-18H2,1-3H3/t19-,20+,27+/m1/s1. The van der Waals surface area contributed by atoms with E-state index in [2.05, 4.69) is 0 Å². The lowest BCUT2D eigenvalue weighted by Gasteiger charge is -2.37. The zero-order chi connectivity index (χ0) is 26.7. The summed E-state index contributed by atoms with van der Waals surface area (Å²) in [6.45, 7) is 4.38. The van der Waals surface area contributed by atoms with Crippen molar-refractivity contribution < 1.29 is 27.0 Å². The van der Waals surface area contributed by atoms with E-state index < -0.39 is 22.2 Å². The zero-order valence-corrected chi connectivity index (χ0v) is 22.0. The quantitative estimate of drug-likeness (QED) is 0.486. The minimum atomic E-state index is -3.96. The maximum Gasteiger partial charge on any atom is 0.247 e. The van der Waals surface area contributed by atoms with Crippen molar-refractivity contribution in [3.63, 3.8) is 0 Å². The fraction of sp³-hybridized carbons (Fsp3) is 0.357. The van der Waals surface area contributed by atoms with Gasteiger partial charge in [0.1, 0.15) is 28.4 Å². The number of sulfonamides is 1. The molecule has 0 spiro atoms. The second-order valence-corrected chi connectivity index (χ2v) is 11.6. The summed E-state index contributed by atoms with van der Waals surface area (Å²) in [6.07, 6.45) is -0.398. The van der Waals surface area contributed by atoms with Gasteiger partial charge in [0.15, 0.2) is 0 Å². The van der Waals surface area contributed by atoms with Crippen LogP contribution in [0.5, 0.6) is 5.75 Å². The molecule has 0 bridgehead atoms. The molecule has 9 heteroatoms. The summed E-state index contributed by atoms with van der Waals surface area (Å²) in [7, 11) is -2.06. The average molecular weight is 531 g/mol. The smallest absolute Gasteiger partial charge is 0.247 e. The molecule has 0 unspecified atom stereocenters. The molecule has 0 radical (unpaired) electrons. The van der Waals surface area contributed by atoms with Gasteiger partial charge in [-0.05, 0) is 67.1 Å². The summed E-state index contributed by atoms with van der Waals surface area (Å²) in [6, 6.07) is 16.6. The lowest BCUT2D eigenvalue weighted by molar-refractivity contribution is 0.0734. The highest BCUT2D eigenvalue weighted by atomic mass is 32.2. The first kappa shape index (κ1) is 27.2. The highest BCUT2D eigenvalue weighted by Gasteiger charge is 2.38. The summed E-state index contributed by atoms with van der Waals surface area (Å²) < 4.78 is 62.2. The third-order valence-corrected chi connectivity index (χ3v) is 8.70. The summed E-state index contributed by atoms with van der Waals surface area (Å²) in [5, 5.41) is 9.82. The molecule has 0 saturated heterocycles. The van der Waals surface area contributed by atoms with Crippen molar-refractivity contribution in [2.75, 3.05) is 26.7 Å². The van der Waals surface area contributed by atoms with Gasteiger partial charge in [0.05, 0.1) is 6.61 Å². The number of fused-ring (bicyclic) bond motifs is 1. The van der Waals surface area contributed by atoms with Crippen LogP contribution in [-0.2, 0) is 16.6 Å². The molecule has 0 aromatic heterocycles. The van der Waals surface area contributed by atoms with E-state index in [9.17, 15) is 22.3 Å². The van der Waals surface area contributed by atoms with Crippen molar-refractivity contribution >= 4 is 10.0 Å². The molecule has 37 heavy (non-hydrogen) atoms. The maximum atomic E-state index is 13.7. The fourth-order valence-corrected chi connectivity index (χ4v) is 6.41. The molecule has 1 heterocycles. The van der Waals surface area contributed by atoms with Crippen molar-refractivity contribution in [1.29, 1.82) is 0 Å². The van der Waals surface area contributed by atoms with Crippen LogP contribution in [0.25, 0.3) is 11.1 Å². The van der Waals surface area contributed by atoms with Gasteiger partial charge in [0, 0.05) is 31.6 Å². The summed E-state index contributed by atoms with van der Waals surface area (Å²) in [5.74, 6) is -0.686. The van der Waals surface area contributed by atoms with Crippen LogP contribution in [0.4, 0.5) is 8.78 Å². The number of ether oxygens (including phenoxy) is 1. The van der Waals surface area contributed by atoms with Gasteiger partial charge in [0.25, 0.3) is 0 Å². The van der Waals surface area contributed by atoms with E-state index in [1.54, 1.807) is 37.3 Å². The minimum Gasteiger partial charge on any atom is -0.487 e. The summed E-state index contributed by atoms with van der Waals surface area (Å²) in [4.78, 5) is 2.03. The molecule has 1 aliphatic rings. The second-order valence-electron chi connectivity index (χ2n) is 9.73. The monoisotopic (exact) mass is 530 g/mol. The normalized spacial score (nSPS) is 20.5. The number of rotatable bonds is 7. The number of hydrogen-bond acceptors (Lipinski definition) is 5. The average Bonchev–Trinajstić information content (AvgIpc) is 2.86. The van der Waals surface area contributed by atoms with E-state index in [0.717, 1.165) is 11.1 Å².